The molecular formula is C64H41NO. The van der Waals surface area contributed by atoms with Crippen molar-refractivity contribution in [3.05, 3.63) is 249 Å². The third kappa shape index (κ3) is 6.42. The van der Waals surface area contributed by atoms with Crippen LogP contribution in [-0.2, 0) is 0 Å². The van der Waals surface area contributed by atoms with E-state index >= 15 is 0 Å². The van der Waals surface area contributed by atoms with Gasteiger partial charge in [0.15, 0.2) is 0 Å². The minimum Gasteiger partial charge on any atom is -0.455 e. The SMILES string of the molecule is c1cc(-c2ccc(N(c3ccc(-c4ccc5c(ccc6ccccc65)c4)cc3)c3cccc(-c4cccc5oc6c7ccccc7ccc6c45)c3)cc2)cc(-c2cccc3ccccc23)c1. The summed E-state index contributed by atoms with van der Waals surface area (Å²) in [6.07, 6.45) is 0. The van der Waals surface area contributed by atoms with Gasteiger partial charge in [-0.1, -0.05) is 188 Å². The lowest BCUT2D eigenvalue weighted by Crippen LogP contribution is -2.10. The van der Waals surface area contributed by atoms with Gasteiger partial charge in [0, 0.05) is 33.2 Å². The van der Waals surface area contributed by atoms with E-state index in [-0.39, 0.29) is 0 Å². The van der Waals surface area contributed by atoms with E-state index in [1.54, 1.807) is 0 Å². The molecule has 13 aromatic rings. The number of benzene rings is 12. The van der Waals surface area contributed by atoms with Crippen LogP contribution in [0.15, 0.2) is 253 Å². The minimum absolute atomic E-state index is 0.888. The number of furan rings is 1. The second-order valence-electron chi connectivity index (χ2n) is 17.3. The Balaban J connectivity index is 0.910. The number of nitrogens with zero attached hydrogens (tertiary/aromatic N) is 1. The van der Waals surface area contributed by atoms with Crippen LogP contribution in [0.3, 0.4) is 0 Å². The lowest BCUT2D eigenvalue weighted by Gasteiger charge is -2.26. The third-order valence-electron chi connectivity index (χ3n) is 13.4. The Hall–Kier alpha value is -8.72. The van der Waals surface area contributed by atoms with Gasteiger partial charge in [-0.3, -0.25) is 0 Å². The molecule has 1 aromatic heterocycles. The zero-order valence-electron chi connectivity index (χ0n) is 36.0. The van der Waals surface area contributed by atoms with Crippen molar-refractivity contribution in [2.45, 2.75) is 0 Å². The molecule has 0 unspecified atom stereocenters. The van der Waals surface area contributed by atoms with Gasteiger partial charge in [-0.15, -0.1) is 0 Å². The summed E-state index contributed by atoms with van der Waals surface area (Å²) in [5.41, 5.74) is 14.5. The average molecular weight is 840 g/mol. The van der Waals surface area contributed by atoms with E-state index in [4.69, 9.17) is 4.42 Å². The Kier molecular flexibility index (Phi) is 8.89. The van der Waals surface area contributed by atoms with E-state index in [1.165, 1.54) is 71.1 Å². The molecule has 0 saturated carbocycles. The van der Waals surface area contributed by atoms with Crippen molar-refractivity contribution in [3.8, 4) is 44.5 Å². The highest BCUT2D eigenvalue weighted by atomic mass is 16.3. The van der Waals surface area contributed by atoms with Crippen molar-refractivity contribution in [2.24, 2.45) is 0 Å². The maximum Gasteiger partial charge on any atom is 0.143 e. The summed E-state index contributed by atoms with van der Waals surface area (Å²) in [6, 6.07) is 90.2. The van der Waals surface area contributed by atoms with Crippen molar-refractivity contribution < 1.29 is 4.42 Å². The van der Waals surface area contributed by atoms with E-state index in [0.29, 0.717) is 0 Å². The number of anilines is 3. The number of fused-ring (bicyclic) bond motifs is 9. The molecule has 308 valence electrons. The summed E-state index contributed by atoms with van der Waals surface area (Å²) in [6.45, 7) is 0. The first-order valence-corrected chi connectivity index (χ1v) is 22.6. The van der Waals surface area contributed by atoms with Gasteiger partial charge in [-0.05, 0) is 143 Å². The van der Waals surface area contributed by atoms with E-state index in [2.05, 4.69) is 254 Å². The molecule has 2 heteroatoms. The van der Waals surface area contributed by atoms with Crippen LogP contribution in [0, 0.1) is 0 Å². The van der Waals surface area contributed by atoms with Crippen molar-refractivity contribution in [1.82, 2.24) is 0 Å². The average Bonchev–Trinajstić information content (AvgIpc) is 3.79. The summed E-state index contributed by atoms with van der Waals surface area (Å²) in [5, 5.41) is 12.1. The fourth-order valence-corrected chi connectivity index (χ4v) is 10.2. The van der Waals surface area contributed by atoms with Gasteiger partial charge >= 0.3 is 0 Å². The zero-order chi connectivity index (χ0) is 43.6. The molecule has 2 nitrogen and oxygen atoms in total. The Morgan fingerprint density at radius 1 is 0.258 bits per heavy atom. The van der Waals surface area contributed by atoms with Crippen LogP contribution in [0.4, 0.5) is 17.1 Å². The van der Waals surface area contributed by atoms with Gasteiger partial charge in [0.25, 0.3) is 0 Å². The van der Waals surface area contributed by atoms with Crippen LogP contribution in [-0.4, -0.2) is 0 Å². The van der Waals surface area contributed by atoms with Crippen LogP contribution in [0.2, 0.25) is 0 Å². The van der Waals surface area contributed by atoms with Crippen LogP contribution in [0.25, 0.3) is 110 Å². The molecule has 1 heterocycles. The number of hydrogen-bond acceptors (Lipinski definition) is 2. The monoisotopic (exact) mass is 839 g/mol. The first-order chi connectivity index (χ1) is 32.7. The summed E-state index contributed by atoms with van der Waals surface area (Å²) < 4.78 is 6.62. The molecule has 0 spiro atoms. The summed E-state index contributed by atoms with van der Waals surface area (Å²) in [4.78, 5) is 2.37. The Morgan fingerprint density at radius 3 is 1.53 bits per heavy atom. The zero-order valence-corrected chi connectivity index (χ0v) is 36.0. The first-order valence-electron chi connectivity index (χ1n) is 22.6. The fourth-order valence-electron chi connectivity index (χ4n) is 10.2. The van der Waals surface area contributed by atoms with E-state index < -0.39 is 0 Å². The predicted molar refractivity (Wildman–Crippen MR) is 280 cm³/mol. The second kappa shape index (κ2) is 15.5. The van der Waals surface area contributed by atoms with E-state index in [9.17, 15) is 0 Å². The topological polar surface area (TPSA) is 16.4 Å². The normalized spacial score (nSPS) is 11.6. The van der Waals surface area contributed by atoms with Gasteiger partial charge in [0.1, 0.15) is 11.2 Å². The Bertz CT molecular complexity index is 3990. The predicted octanol–water partition coefficient (Wildman–Crippen LogP) is 18.3. The van der Waals surface area contributed by atoms with Crippen molar-refractivity contribution in [2.75, 3.05) is 4.90 Å². The minimum atomic E-state index is 0.888. The largest absolute Gasteiger partial charge is 0.455 e. The van der Waals surface area contributed by atoms with Gasteiger partial charge in [-0.2, -0.15) is 0 Å². The van der Waals surface area contributed by atoms with Gasteiger partial charge < -0.3 is 9.32 Å². The molecule has 0 radical (unpaired) electrons. The smallest absolute Gasteiger partial charge is 0.143 e. The number of hydrogen-bond donors (Lipinski definition) is 0. The molecule has 0 aliphatic carbocycles. The molecule has 0 aliphatic heterocycles. The molecule has 0 saturated heterocycles. The molecule has 0 bridgehead atoms. The summed E-state index contributed by atoms with van der Waals surface area (Å²) in [7, 11) is 0. The fraction of sp³-hybridized carbons (Fsp3) is 0. The van der Waals surface area contributed by atoms with Gasteiger partial charge in [0.05, 0.1) is 0 Å². The van der Waals surface area contributed by atoms with Gasteiger partial charge in [0.2, 0.25) is 0 Å². The van der Waals surface area contributed by atoms with E-state index in [0.717, 1.165) is 55.5 Å². The third-order valence-corrected chi connectivity index (χ3v) is 13.4. The van der Waals surface area contributed by atoms with Gasteiger partial charge in [-0.25, -0.2) is 0 Å². The molecule has 13 rings (SSSR count). The maximum absolute atomic E-state index is 6.62. The molecule has 0 aliphatic rings. The van der Waals surface area contributed by atoms with E-state index in [1.807, 2.05) is 0 Å². The molecule has 0 fully saturated rings. The standard InChI is InChI=1S/C64H41NO/c1-4-19-55-44(11-1)14-9-22-57(55)49-16-7-15-47(39-49)42-27-33-52(34-28-42)65(53-35-29-43(30-36-53)48-32-37-58-51(40-48)26-25-45-12-2-5-20-56(45)58)54-18-8-17-50(41-54)59-23-10-24-62-63(59)61-38-31-46-13-3-6-21-60(46)64(61)66-62/h1-41H. The highest BCUT2D eigenvalue weighted by molar-refractivity contribution is 6.19. The summed E-state index contributed by atoms with van der Waals surface area (Å²) in [5.74, 6) is 0. The van der Waals surface area contributed by atoms with Crippen molar-refractivity contribution in [3.63, 3.8) is 0 Å². The first kappa shape index (κ1) is 37.8. The highest BCUT2D eigenvalue weighted by Gasteiger charge is 2.18. The molecule has 12 aromatic carbocycles. The lowest BCUT2D eigenvalue weighted by atomic mass is 9.95. The van der Waals surface area contributed by atoms with Crippen molar-refractivity contribution >= 4 is 82.1 Å². The lowest BCUT2D eigenvalue weighted by molar-refractivity contribution is 0.673. The Labute approximate surface area is 382 Å². The van der Waals surface area contributed by atoms with Crippen LogP contribution < -0.4 is 4.90 Å². The molecule has 0 atom stereocenters. The molecule has 66 heavy (non-hydrogen) atoms. The maximum atomic E-state index is 6.62. The molecular weight excluding hydrogens is 799 g/mol. The van der Waals surface area contributed by atoms with Crippen LogP contribution in [0.1, 0.15) is 0 Å². The molecule has 0 amide bonds. The Morgan fingerprint density at radius 2 is 0.758 bits per heavy atom. The second-order valence-corrected chi connectivity index (χ2v) is 17.3. The van der Waals surface area contributed by atoms with Crippen molar-refractivity contribution in [1.29, 1.82) is 0 Å². The van der Waals surface area contributed by atoms with Crippen LogP contribution in [0.5, 0.6) is 0 Å². The quantitative estimate of drug-likeness (QED) is 0.149. The van der Waals surface area contributed by atoms with Crippen LogP contribution >= 0.6 is 0 Å². The molecule has 0 N–H and O–H groups in total. The number of rotatable bonds is 7. The summed E-state index contributed by atoms with van der Waals surface area (Å²) >= 11 is 0. The highest BCUT2D eigenvalue weighted by Crippen LogP contribution is 2.43.